The van der Waals surface area contributed by atoms with E-state index >= 15 is 0 Å². The lowest BCUT2D eigenvalue weighted by atomic mass is 10.3. The second-order valence-electron chi connectivity index (χ2n) is 3.85. The van der Waals surface area contributed by atoms with Crippen molar-refractivity contribution in [3.63, 3.8) is 0 Å². The number of nitrogens with two attached hydrogens (primary N) is 1. The van der Waals surface area contributed by atoms with Gasteiger partial charge in [0.1, 0.15) is 16.8 Å². The highest BCUT2D eigenvalue weighted by Gasteiger charge is 2.25. The van der Waals surface area contributed by atoms with E-state index in [1.54, 1.807) is 0 Å². The van der Waals surface area contributed by atoms with Gasteiger partial charge >= 0.3 is 5.97 Å². The second kappa shape index (κ2) is 6.44. The molecule has 0 unspecified atom stereocenters. The van der Waals surface area contributed by atoms with Crippen LogP contribution in [0.3, 0.4) is 0 Å². The van der Waals surface area contributed by atoms with E-state index in [1.807, 2.05) is 4.72 Å². The number of hydrogen-bond acceptors (Lipinski definition) is 5. The summed E-state index contributed by atoms with van der Waals surface area (Å²) in [4.78, 5) is 21.2. The molecule has 0 bridgehead atoms. The molecule has 1 aromatic rings. The molecule has 0 aromatic heterocycles. The zero-order chi connectivity index (χ0) is 15.3. The van der Waals surface area contributed by atoms with Crippen molar-refractivity contribution in [1.82, 2.24) is 4.72 Å². The molecular weight excluding hydrogens is 291 g/mol. The standard InChI is InChI=1S/C11H13FN2O5S/c1-7(11(16)19-6-10(13)15)14-20(17,18)9-5-3-2-4-8(9)12/h2-5,7,14H,6H2,1H3,(H2,13,15)/t7-/m0/s1. The third-order valence-electron chi connectivity index (χ3n) is 2.17. The number of ether oxygens (including phenoxy) is 1. The zero-order valence-corrected chi connectivity index (χ0v) is 11.3. The number of amides is 1. The van der Waals surface area contributed by atoms with Gasteiger partial charge in [-0.2, -0.15) is 4.72 Å². The first kappa shape index (κ1) is 16.1. The van der Waals surface area contributed by atoms with Gasteiger partial charge in [0.2, 0.25) is 10.0 Å². The van der Waals surface area contributed by atoms with Crippen LogP contribution in [0.1, 0.15) is 6.92 Å². The summed E-state index contributed by atoms with van der Waals surface area (Å²) in [6, 6.07) is 3.41. The predicted octanol–water partition coefficient (Wildman–Crippen LogP) is -0.479. The van der Waals surface area contributed by atoms with E-state index < -0.39 is 45.3 Å². The molecule has 110 valence electrons. The minimum absolute atomic E-state index is 0.588. The van der Waals surface area contributed by atoms with Gasteiger partial charge < -0.3 is 10.5 Å². The second-order valence-corrected chi connectivity index (χ2v) is 5.53. The maximum absolute atomic E-state index is 13.4. The van der Waals surface area contributed by atoms with Crippen molar-refractivity contribution in [1.29, 1.82) is 0 Å². The smallest absolute Gasteiger partial charge is 0.324 e. The van der Waals surface area contributed by atoms with Gasteiger partial charge in [-0.15, -0.1) is 0 Å². The molecule has 0 fully saturated rings. The van der Waals surface area contributed by atoms with E-state index in [0.29, 0.717) is 0 Å². The lowest BCUT2D eigenvalue weighted by Gasteiger charge is -2.13. The minimum Gasteiger partial charge on any atom is -0.454 e. The van der Waals surface area contributed by atoms with Crippen LogP contribution in [0.5, 0.6) is 0 Å². The van der Waals surface area contributed by atoms with Gasteiger partial charge in [0.15, 0.2) is 6.61 Å². The lowest BCUT2D eigenvalue weighted by molar-refractivity contribution is -0.149. The van der Waals surface area contributed by atoms with Gasteiger partial charge in [-0.05, 0) is 19.1 Å². The fourth-order valence-corrected chi connectivity index (χ4v) is 2.55. The average molecular weight is 304 g/mol. The third-order valence-corrected chi connectivity index (χ3v) is 3.74. The summed E-state index contributed by atoms with van der Waals surface area (Å²) >= 11 is 0. The number of benzene rings is 1. The maximum Gasteiger partial charge on any atom is 0.324 e. The van der Waals surface area contributed by atoms with Gasteiger partial charge in [-0.3, -0.25) is 9.59 Å². The number of rotatable bonds is 6. The van der Waals surface area contributed by atoms with Crippen molar-refractivity contribution in [2.24, 2.45) is 5.73 Å². The SMILES string of the molecule is C[C@H](NS(=O)(=O)c1ccccc1F)C(=O)OCC(N)=O. The number of hydrogen-bond donors (Lipinski definition) is 2. The summed E-state index contributed by atoms with van der Waals surface area (Å²) in [5.74, 6) is -2.82. The largest absolute Gasteiger partial charge is 0.454 e. The average Bonchev–Trinajstić information content (AvgIpc) is 2.35. The Morgan fingerprint density at radius 2 is 2.00 bits per heavy atom. The first-order valence-corrected chi connectivity index (χ1v) is 6.94. The molecular formula is C11H13FN2O5S. The Labute approximate surface area is 115 Å². The van der Waals surface area contributed by atoms with Crippen molar-refractivity contribution in [3.8, 4) is 0 Å². The minimum atomic E-state index is -4.22. The van der Waals surface area contributed by atoms with E-state index in [4.69, 9.17) is 5.73 Å². The highest BCUT2D eigenvalue weighted by molar-refractivity contribution is 7.89. The summed E-state index contributed by atoms with van der Waals surface area (Å²) < 4.78 is 43.5. The summed E-state index contributed by atoms with van der Waals surface area (Å²) in [6.45, 7) is 0.534. The van der Waals surface area contributed by atoms with E-state index in [1.165, 1.54) is 19.1 Å². The van der Waals surface area contributed by atoms with Crippen LogP contribution in [0, 0.1) is 5.82 Å². The summed E-state index contributed by atoms with van der Waals surface area (Å²) in [5, 5.41) is 0. The zero-order valence-electron chi connectivity index (χ0n) is 10.5. The first-order valence-electron chi connectivity index (χ1n) is 5.46. The number of halogens is 1. The molecule has 20 heavy (non-hydrogen) atoms. The highest BCUT2D eigenvalue weighted by atomic mass is 32.2. The molecule has 9 heteroatoms. The summed E-state index contributed by atoms with van der Waals surface area (Å²) in [6.07, 6.45) is 0. The van der Waals surface area contributed by atoms with Crippen LogP contribution in [-0.4, -0.2) is 32.9 Å². The quantitative estimate of drug-likeness (QED) is 0.689. The Bertz CT molecular complexity index is 617. The Balaban J connectivity index is 2.79. The number of sulfonamides is 1. The topological polar surface area (TPSA) is 116 Å². The van der Waals surface area contributed by atoms with Crippen LogP contribution < -0.4 is 10.5 Å². The van der Waals surface area contributed by atoms with Gasteiger partial charge in [0.25, 0.3) is 5.91 Å². The number of carbonyl (C=O) groups excluding carboxylic acids is 2. The van der Waals surface area contributed by atoms with Crippen molar-refractivity contribution in [3.05, 3.63) is 30.1 Å². The molecule has 0 aliphatic heterocycles. The van der Waals surface area contributed by atoms with Crippen LogP contribution in [0.25, 0.3) is 0 Å². The predicted molar refractivity (Wildman–Crippen MR) is 66.3 cm³/mol. The molecule has 3 N–H and O–H groups in total. The normalized spacial score (nSPS) is 12.7. The Morgan fingerprint density at radius 1 is 1.40 bits per heavy atom. The van der Waals surface area contributed by atoms with E-state index in [-0.39, 0.29) is 0 Å². The van der Waals surface area contributed by atoms with E-state index in [2.05, 4.69) is 4.74 Å². The molecule has 1 atom stereocenters. The van der Waals surface area contributed by atoms with Crippen LogP contribution in [0.2, 0.25) is 0 Å². The fourth-order valence-electron chi connectivity index (χ4n) is 1.27. The number of primary amides is 1. The highest BCUT2D eigenvalue weighted by Crippen LogP contribution is 2.13. The third kappa shape index (κ3) is 4.28. The molecule has 0 radical (unpaired) electrons. The molecule has 0 aliphatic rings. The van der Waals surface area contributed by atoms with Crippen molar-refractivity contribution < 1.29 is 27.1 Å². The number of nitrogens with one attached hydrogen (secondary N) is 1. The summed E-state index contributed by atoms with van der Waals surface area (Å²) in [7, 11) is -4.22. The number of carbonyl (C=O) groups is 2. The molecule has 0 saturated heterocycles. The molecule has 0 spiro atoms. The fraction of sp³-hybridized carbons (Fsp3) is 0.273. The van der Waals surface area contributed by atoms with Gasteiger partial charge in [0.05, 0.1) is 0 Å². The maximum atomic E-state index is 13.4. The molecule has 0 aliphatic carbocycles. The van der Waals surface area contributed by atoms with Gasteiger partial charge in [-0.25, -0.2) is 12.8 Å². The van der Waals surface area contributed by atoms with Gasteiger partial charge in [0, 0.05) is 0 Å². The molecule has 1 rings (SSSR count). The van der Waals surface area contributed by atoms with Crippen LogP contribution in [0.4, 0.5) is 4.39 Å². The Hall–Kier alpha value is -2.00. The Kier molecular flexibility index (Phi) is 5.17. The van der Waals surface area contributed by atoms with E-state index in [0.717, 1.165) is 12.1 Å². The summed E-state index contributed by atoms with van der Waals surface area (Å²) in [5.41, 5.74) is 4.77. The molecule has 7 nitrogen and oxygen atoms in total. The van der Waals surface area contributed by atoms with Crippen LogP contribution >= 0.6 is 0 Å². The molecule has 1 aromatic carbocycles. The monoisotopic (exact) mass is 304 g/mol. The molecule has 1 amide bonds. The van der Waals surface area contributed by atoms with Crippen molar-refractivity contribution in [2.45, 2.75) is 17.9 Å². The van der Waals surface area contributed by atoms with E-state index in [9.17, 15) is 22.4 Å². The lowest BCUT2D eigenvalue weighted by Crippen LogP contribution is -2.40. The molecule has 0 heterocycles. The van der Waals surface area contributed by atoms with Crippen LogP contribution in [0.15, 0.2) is 29.2 Å². The van der Waals surface area contributed by atoms with Crippen LogP contribution in [-0.2, 0) is 24.3 Å². The van der Waals surface area contributed by atoms with Gasteiger partial charge in [-0.1, -0.05) is 12.1 Å². The van der Waals surface area contributed by atoms with Crippen molar-refractivity contribution >= 4 is 21.9 Å². The molecule has 0 saturated carbocycles. The first-order chi connectivity index (χ1) is 9.24. The number of esters is 1. The van der Waals surface area contributed by atoms with Crippen molar-refractivity contribution in [2.75, 3.05) is 6.61 Å². The Morgan fingerprint density at radius 3 is 2.55 bits per heavy atom.